The zero-order valence-corrected chi connectivity index (χ0v) is 19.3. The summed E-state index contributed by atoms with van der Waals surface area (Å²) in [7, 11) is -0.832. The van der Waals surface area contributed by atoms with E-state index >= 15 is 0 Å². The van der Waals surface area contributed by atoms with Gasteiger partial charge in [-0.2, -0.15) is 4.31 Å². The Morgan fingerprint density at radius 3 is 2.61 bits per heavy atom. The van der Waals surface area contributed by atoms with Crippen LogP contribution >= 0.6 is 0 Å². The molecule has 8 nitrogen and oxygen atoms in total. The fourth-order valence-electron chi connectivity index (χ4n) is 4.10. The van der Waals surface area contributed by atoms with Crippen molar-refractivity contribution in [1.82, 2.24) is 9.21 Å². The molecule has 1 heterocycles. The van der Waals surface area contributed by atoms with Crippen LogP contribution in [0.25, 0.3) is 10.8 Å². The summed E-state index contributed by atoms with van der Waals surface area (Å²) in [6.45, 7) is 0.785. The molecule has 33 heavy (non-hydrogen) atoms. The number of benzene rings is 3. The topological polar surface area (TPSA) is 117 Å². The first-order valence-corrected chi connectivity index (χ1v) is 11.9. The van der Waals surface area contributed by atoms with E-state index in [2.05, 4.69) is 0 Å². The molecule has 1 fully saturated rings. The van der Waals surface area contributed by atoms with E-state index in [1.807, 2.05) is 18.2 Å². The van der Waals surface area contributed by atoms with Crippen LogP contribution < -0.4 is 10.5 Å². The van der Waals surface area contributed by atoms with Crippen LogP contribution in [0, 0.1) is 5.41 Å². The van der Waals surface area contributed by atoms with Gasteiger partial charge in [-0.1, -0.05) is 30.3 Å². The average molecular weight is 467 g/mol. The number of hydrogen-bond donors (Lipinski definition) is 2. The van der Waals surface area contributed by atoms with Crippen molar-refractivity contribution in [3.8, 4) is 5.75 Å². The fraction of sp³-hybridized carbons (Fsp3) is 0.250. The molecule has 172 valence electrons. The molecule has 1 aliphatic rings. The second-order valence-electron chi connectivity index (χ2n) is 8.07. The van der Waals surface area contributed by atoms with Gasteiger partial charge in [0.05, 0.1) is 12.0 Å². The van der Waals surface area contributed by atoms with Gasteiger partial charge < -0.3 is 15.4 Å². The number of likely N-dealkylation sites (tertiary alicyclic amines) is 1. The van der Waals surface area contributed by atoms with E-state index in [1.54, 1.807) is 54.5 Å². The Hall–Kier alpha value is -3.43. The lowest BCUT2D eigenvalue weighted by Gasteiger charge is -2.24. The molecule has 1 aliphatic heterocycles. The molecular weight excluding hydrogens is 440 g/mol. The Balaban J connectivity index is 1.53. The molecule has 0 spiro atoms. The molecule has 3 aromatic rings. The second kappa shape index (κ2) is 8.84. The van der Waals surface area contributed by atoms with Crippen LogP contribution in [0.15, 0.2) is 65.6 Å². The summed E-state index contributed by atoms with van der Waals surface area (Å²) in [5, 5.41) is 9.22. The van der Waals surface area contributed by atoms with Crippen molar-refractivity contribution in [2.24, 2.45) is 5.73 Å². The number of methoxy groups -OCH3 is 1. The summed E-state index contributed by atoms with van der Waals surface area (Å²) in [6, 6.07) is 16.7. The van der Waals surface area contributed by atoms with Gasteiger partial charge in [-0.25, -0.2) is 8.42 Å². The smallest absolute Gasteiger partial charge is 0.243 e. The summed E-state index contributed by atoms with van der Waals surface area (Å²) in [5.41, 5.74) is 6.98. The normalized spacial score (nSPS) is 16.5. The minimum atomic E-state index is -3.87. The van der Waals surface area contributed by atoms with E-state index in [1.165, 1.54) is 11.4 Å². The molecule has 3 aromatic carbocycles. The predicted octanol–water partition coefficient (Wildman–Crippen LogP) is 2.55. The lowest BCUT2D eigenvalue weighted by Crippen LogP contribution is -2.42. The number of nitrogens with zero attached hydrogens (tertiary/aromatic N) is 2. The number of carbonyl (C=O) groups is 1. The van der Waals surface area contributed by atoms with Gasteiger partial charge in [0.2, 0.25) is 15.9 Å². The molecule has 4 rings (SSSR count). The van der Waals surface area contributed by atoms with Gasteiger partial charge in [-0.3, -0.25) is 10.2 Å². The average Bonchev–Trinajstić information content (AvgIpc) is 3.17. The van der Waals surface area contributed by atoms with Crippen molar-refractivity contribution in [3.05, 3.63) is 71.8 Å². The lowest BCUT2D eigenvalue weighted by atomic mass is 10.1. The van der Waals surface area contributed by atoms with Crippen molar-refractivity contribution in [3.63, 3.8) is 0 Å². The monoisotopic (exact) mass is 466 g/mol. The first-order chi connectivity index (χ1) is 15.7. The highest BCUT2D eigenvalue weighted by Gasteiger charge is 2.39. The largest absolute Gasteiger partial charge is 0.497 e. The number of fused-ring (bicyclic) bond motifs is 1. The standard InChI is InChI=1S/C24H26N4O4S/c1-27(33(30,31)21-9-7-17-13-20(32-2)8-6-18(17)14-21)22-10-11-28(24(22)29)15-16-4-3-5-19(12-16)23(25)26/h3-9,12-14,22H,10-11,15H2,1-2H3,(H3,25,26)/t22-/m0/s1. The summed E-state index contributed by atoms with van der Waals surface area (Å²) in [4.78, 5) is 14.9. The molecule has 0 radical (unpaired) electrons. The number of nitrogens with two attached hydrogens (primary N) is 1. The Bertz CT molecular complexity index is 1340. The highest BCUT2D eigenvalue weighted by atomic mass is 32.2. The van der Waals surface area contributed by atoms with Gasteiger partial charge in [0.25, 0.3) is 0 Å². The van der Waals surface area contributed by atoms with Gasteiger partial charge in [0, 0.05) is 25.7 Å². The Labute approximate surface area is 193 Å². The number of sulfonamides is 1. The van der Waals surface area contributed by atoms with Gasteiger partial charge in [-0.05, 0) is 53.1 Å². The Morgan fingerprint density at radius 2 is 1.88 bits per heavy atom. The number of hydrogen-bond acceptors (Lipinski definition) is 5. The third kappa shape index (κ3) is 4.42. The molecule has 1 amide bonds. The summed E-state index contributed by atoms with van der Waals surface area (Å²) in [6.07, 6.45) is 0.408. The lowest BCUT2D eigenvalue weighted by molar-refractivity contribution is -0.131. The molecule has 0 unspecified atom stereocenters. The maximum absolute atomic E-state index is 13.3. The molecule has 0 aliphatic carbocycles. The first-order valence-electron chi connectivity index (χ1n) is 10.5. The van der Waals surface area contributed by atoms with Crippen molar-refractivity contribution in [2.75, 3.05) is 20.7 Å². The van der Waals surface area contributed by atoms with E-state index < -0.39 is 16.1 Å². The number of nitrogen functional groups attached to an aromatic ring is 1. The number of amidine groups is 1. The minimum absolute atomic E-state index is 0.0397. The first kappa shape index (κ1) is 22.8. The van der Waals surface area contributed by atoms with E-state index in [4.69, 9.17) is 15.9 Å². The second-order valence-corrected chi connectivity index (χ2v) is 10.1. The number of carbonyl (C=O) groups excluding carboxylic acids is 1. The SMILES string of the molecule is COc1ccc2cc(S(=O)(=O)N(C)[C@H]3CCN(Cc4cccc(C(=N)N)c4)C3=O)ccc2c1. The van der Waals surface area contributed by atoms with Crippen LogP contribution in [0.2, 0.25) is 0 Å². The summed E-state index contributed by atoms with van der Waals surface area (Å²) in [5.74, 6) is 0.419. The van der Waals surface area contributed by atoms with E-state index in [9.17, 15) is 13.2 Å². The molecule has 0 bridgehead atoms. The van der Waals surface area contributed by atoms with Gasteiger partial charge in [0.1, 0.15) is 17.6 Å². The molecule has 1 saturated heterocycles. The van der Waals surface area contributed by atoms with Crippen LogP contribution in [0.1, 0.15) is 17.5 Å². The number of amides is 1. The summed E-state index contributed by atoms with van der Waals surface area (Å²) < 4.78 is 33.0. The zero-order valence-electron chi connectivity index (χ0n) is 18.5. The van der Waals surface area contributed by atoms with Crippen molar-refractivity contribution < 1.29 is 17.9 Å². The minimum Gasteiger partial charge on any atom is -0.497 e. The van der Waals surface area contributed by atoms with Crippen LogP contribution in [-0.4, -0.2) is 56.1 Å². The number of ether oxygens (including phenoxy) is 1. The van der Waals surface area contributed by atoms with Gasteiger partial charge >= 0.3 is 0 Å². The Morgan fingerprint density at radius 1 is 1.15 bits per heavy atom. The van der Waals surface area contributed by atoms with Crippen LogP contribution in [0.5, 0.6) is 5.75 Å². The number of nitrogens with one attached hydrogen (secondary N) is 1. The van der Waals surface area contributed by atoms with Gasteiger partial charge in [-0.15, -0.1) is 0 Å². The van der Waals surface area contributed by atoms with E-state index in [0.29, 0.717) is 30.8 Å². The van der Waals surface area contributed by atoms with Crippen molar-refractivity contribution in [2.45, 2.75) is 23.9 Å². The molecule has 0 aromatic heterocycles. The zero-order chi connectivity index (χ0) is 23.8. The maximum atomic E-state index is 13.3. The molecular formula is C24H26N4O4S. The van der Waals surface area contributed by atoms with E-state index in [0.717, 1.165) is 16.3 Å². The quantitative estimate of drug-likeness (QED) is 0.410. The third-order valence-electron chi connectivity index (χ3n) is 6.02. The molecule has 1 atom stereocenters. The number of likely N-dealkylation sites (N-methyl/N-ethyl adjacent to an activating group) is 1. The highest BCUT2D eigenvalue weighted by Crippen LogP contribution is 2.28. The van der Waals surface area contributed by atoms with Crippen molar-refractivity contribution in [1.29, 1.82) is 5.41 Å². The van der Waals surface area contributed by atoms with Gasteiger partial charge in [0.15, 0.2) is 0 Å². The maximum Gasteiger partial charge on any atom is 0.243 e. The van der Waals surface area contributed by atoms with Crippen LogP contribution in [0.4, 0.5) is 0 Å². The Kier molecular flexibility index (Phi) is 6.09. The highest BCUT2D eigenvalue weighted by molar-refractivity contribution is 7.89. The molecule has 9 heteroatoms. The fourth-order valence-corrected chi connectivity index (χ4v) is 5.48. The molecule has 0 saturated carbocycles. The van der Waals surface area contributed by atoms with Crippen molar-refractivity contribution >= 4 is 32.5 Å². The van der Waals surface area contributed by atoms with Crippen LogP contribution in [-0.2, 0) is 21.4 Å². The molecule has 3 N–H and O–H groups in total. The third-order valence-corrected chi connectivity index (χ3v) is 7.88. The predicted molar refractivity (Wildman–Crippen MR) is 127 cm³/mol. The summed E-state index contributed by atoms with van der Waals surface area (Å²) >= 11 is 0. The van der Waals surface area contributed by atoms with E-state index in [-0.39, 0.29) is 16.6 Å². The van der Waals surface area contributed by atoms with Crippen LogP contribution in [0.3, 0.4) is 0 Å². The number of rotatable bonds is 7.